The topological polar surface area (TPSA) is 61.8 Å². The number of hydrogen-bond acceptors (Lipinski definition) is 3. The lowest BCUT2D eigenvalue weighted by molar-refractivity contribution is 1.01. The Morgan fingerprint density at radius 2 is 1.89 bits per heavy atom. The van der Waals surface area contributed by atoms with Gasteiger partial charge in [-0.25, -0.2) is 0 Å². The van der Waals surface area contributed by atoms with Crippen LogP contribution < -0.4 is 11.1 Å². The van der Waals surface area contributed by atoms with Crippen LogP contribution in [0.15, 0.2) is 42.5 Å². The average Bonchev–Trinajstić information content (AvgIpc) is 2.45. The minimum absolute atomic E-state index is 0.525. The lowest BCUT2D eigenvalue weighted by Gasteiger charge is -2.12. The van der Waals surface area contributed by atoms with Crippen molar-refractivity contribution in [2.45, 2.75) is 20.0 Å². The van der Waals surface area contributed by atoms with Gasteiger partial charge in [0.25, 0.3) is 0 Å². The molecule has 0 heterocycles. The van der Waals surface area contributed by atoms with E-state index >= 15 is 0 Å². The molecule has 0 aliphatic carbocycles. The van der Waals surface area contributed by atoms with Crippen LogP contribution in [-0.2, 0) is 13.1 Å². The molecule has 3 N–H and O–H groups in total. The first-order valence-electron chi connectivity index (χ1n) is 6.26. The molecular formula is C16H17N3. The van der Waals surface area contributed by atoms with Crippen molar-refractivity contribution in [3.63, 3.8) is 0 Å². The van der Waals surface area contributed by atoms with Crippen molar-refractivity contribution in [3.8, 4) is 6.07 Å². The summed E-state index contributed by atoms with van der Waals surface area (Å²) in [5.41, 5.74) is 10.7. The van der Waals surface area contributed by atoms with Crippen molar-refractivity contribution in [3.05, 3.63) is 64.7 Å². The molecule has 2 rings (SSSR count). The molecular weight excluding hydrogens is 234 g/mol. The molecule has 0 aromatic heterocycles. The zero-order valence-corrected chi connectivity index (χ0v) is 11.0. The van der Waals surface area contributed by atoms with Crippen molar-refractivity contribution in [2.75, 3.05) is 5.32 Å². The summed E-state index contributed by atoms with van der Waals surface area (Å²) in [4.78, 5) is 0. The highest BCUT2D eigenvalue weighted by atomic mass is 14.9. The molecule has 0 fully saturated rings. The molecule has 0 spiro atoms. The number of nitrogens with two attached hydrogens (primary N) is 1. The smallest absolute Gasteiger partial charge is 0.101 e. The highest BCUT2D eigenvalue weighted by Gasteiger charge is 2.04. The number of aryl methyl sites for hydroxylation is 1. The average molecular weight is 251 g/mol. The summed E-state index contributed by atoms with van der Waals surface area (Å²) in [7, 11) is 0. The van der Waals surface area contributed by atoms with Crippen LogP contribution in [0.3, 0.4) is 0 Å². The molecule has 0 saturated heterocycles. The predicted octanol–water partition coefficient (Wildman–Crippen LogP) is 2.94. The SMILES string of the molecule is Cc1ccc(C#N)c(NCc2ccccc2CN)c1. The van der Waals surface area contributed by atoms with Gasteiger partial charge in [-0.15, -0.1) is 0 Å². The highest BCUT2D eigenvalue weighted by molar-refractivity contribution is 5.59. The molecule has 0 saturated carbocycles. The first-order valence-corrected chi connectivity index (χ1v) is 6.26. The van der Waals surface area contributed by atoms with Gasteiger partial charge in [-0.1, -0.05) is 30.3 Å². The van der Waals surface area contributed by atoms with Gasteiger partial charge in [0.05, 0.1) is 11.3 Å². The number of nitriles is 1. The Morgan fingerprint density at radius 3 is 2.58 bits per heavy atom. The van der Waals surface area contributed by atoms with Crippen molar-refractivity contribution < 1.29 is 0 Å². The molecule has 19 heavy (non-hydrogen) atoms. The van der Waals surface area contributed by atoms with Gasteiger partial charge in [0.2, 0.25) is 0 Å². The Bertz CT molecular complexity index is 612. The van der Waals surface area contributed by atoms with Gasteiger partial charge in [0.1, 0.15) is 6.07 Å². The van der Waals surface area contributed by atoms with Crippen LogP contribution in [0.25, 0.3) is 0 Å². The summed E-state index contributed by atoms with van der Waals surface area (Å²) in [6, 6.07) is 16.0. The first-order chi connectivity index (χ1) is 9.24. The van der Waals surface area contributed by atoms with Gasteiger partial charge in [0, 0.05) is 13.1 Å². The predicted molar refractivity (Wildman–Crippen MR) is 77.6 cm³/mol. The van der Waals surface area contributed by atoms with Gasteiger partial charge in [0.15, 0.2) is 0 Å². The van der Waals surface area contributed by atoms with Crippen LogP contribution >= 0.6 is 0 Å². The third kappa shape index (κ3) is 3.12. The Hall–Kier alpha value is -2.31. The molecule has 3 nitrogen and oxygen atoms in total. The zero-order chi connectivity index (χ0) is 13.7. The van der Waals surface area contributed by atoms with E-state index in [1.807, 2.05) is 43.3 Å². The number of nitrogens with zero attached hydrogens (tertiary/aromatic N) is 1. The van der Waals surface area contributed by atoms with Gasteiger partial charge in [-0.05, 0) is 35.7 Å². The van der Waals surface area contributed by atoms with Crippen molar-refractivity contribution in [1.29, 1.82) is 5.26 Å². The molecule has 0 aliphatic rings. The summed E-state index contributed by atoms with van der Waals surface area (Å²) < 4.78 is 0. The fourth-order valence-electron chi connectivity index (χ4n) is 2.02. The molecule has 0 bridgehead atoms. The molecule has 0 radical (unpaired) electrons. The molecule has 0 aliphatic heterocycles. The Morgan fingerprint density at radius 1 is 1.16 bits per heavy atom. The summed E-state index contributed by atoms with van der Waals surface area (Å²) >= 11 is 0. The van der Waals surface area contributed by atoms with Gasteiger partial charge in [-0.3, -0.25) is 0 Å². The van der Waals surface area contributed by atoms with E-state index in [0.717, 1.165) is 22.4 Å². The normalized spacial score (nSPS) is 9.95. The number of rotatable bonds is 4. The van der Waals surface area contributed by atoms with Gasteiger partial charge < -0.3 is 11.1 Å². The Kier molecular flexibility index (Phi) is 4.17. The largest absolute Gasteiger partial charge is 0.380 e. The standard InChI is InChI=1S/C16H17N3/c1-12-6-7-14(10-18)16(8-12)19-11-15-5-3-2-4-13(15)9-17/h2-8,19H,9,11,17H2,1H3. The van der Waals surface area contributed by atoms with E-state index in [1.54, 1.807) is 0 Å². The molecule has 0 unspecified atom stereocenters. The van der Waals surface area contributed by atoms with E-state index < -0.39 is 0 Å². The summed E-state index contributed by atoms with van der Waals surface area (Å²) in [5.74, 6) is 0. The van der Waals surface area contributed by atoms with Crippen LogP contribution in [0.4, 0.5) is 5.69 Å². The van der Waals surface area contributed by atoms with E-state index in [4.69, 9.17) is 11.0 Å². The lowest BCUT2D eigenvalue weighted by Crippen LogP contribution is -2.07. The van der Waals surface area contributed by atoms with Crippen LogP contribution in [0.5, 0.6) is 0 Å². The van der Waals surface area contributed by atoms with Crippen LogP contribution in [-0.4, -0.2) is 0 Å². The minimum atomic E-state index is 0.525. The zero-order valence-electron chi connectivity index (χ0n) is 11.0. The molecule has 2 aromatic rings. The highest BCUT2D eigenvalue weighted by Crippen LogP contribution is 2.18. The van der Waals surface area contributed by atoms with Crippen molar-refractivity contribution in [2.24, 2.45) is 5.73 Å². The van der Waals surface area contributed by atoms with Crippen LogP contribution in [0.2, 0.25) is 0 Å². The maximum Gasteiger partial charge on any atom is 0.101 e. The molecule has 3 heteroatoms. The van der Waals surface area contributed by atoms with Crippen molar-refractivity contribution >= 4 is 5.69 Å². The van der Waals surface area contributed by atoms with Crippen LogP contribution in [0.1, 0.15) is 22.3 Å². The lowest BCUT2D eigenvalue weighted by atomic mass is 10.1. The monoisotopic (exact) mass is 251 g/mol. The fraction of sp³-hybridized carbons (Fsp3) is 0.188. The fourth-order valence-corrected chi connectivity index (χ4v) is 2.02. The number of benzene rings is 2. The second-order valence-corrected chi connectivity index (χ2v) is 4.49. The first kappa shape index (κ1) is 13.1. The quantitative estimate of drug-likeness (QED) is 0.878. The van der Waals surface area contributed by atoms with Crippen molar-refractivity contribution in [1.82, 2.24) is 0 Å². The van der Waals surface area contributed by atoms with E-state index in [0.29, 0.717) is 18.7 Å². The summed E-state index contributed by atoms with van der Waals surface area (Å²) in [5, 5.41) is 12.4. The third-order valence-corrected chi connectivity index (χ3v) is 3.10. The minimum Gasteiger partial charge on any atom is -0.380 e. The summed E-state index contributed by atoms with van der Waals surface area (Å²) in [6.07, 6.45) is 0. The number of anilines is 1. The van der Waals surface area contributed by atoms with E-state index in [9.17, 15) is 0 Å². The van der Waals surface area contributed by atoms with Gasteiger partial charge >= 0.3 is 0 Å². The third-order valence-electron chi connectivity index (χ3n) is 3.10. The second kappa shape index (κ2) is 6.03. The Balaban J connectivity index is 2.19. The van der Waals surface area contributed by atoms with Gasteiger partial charge in [-0.2, -0.15) is 5.26 Å². The number of nitrogens with one attached hydrogen (secondary N) is 1. The van der Waals surface area contributed by atoms with Crippen LogP contribution in [0, 0.1) is 18.3 Å². The maximum atomic E-state index is 9.10. The second-order valence-electron chi connectivity index (χ2n) is 4.49. The molecule has 0 amide bonds. The summed E-state index contributed by atoms with van der Waals surface area (Å²) in [6.45, 7) is 3.21. The van der Waals surface area contributed by atoms with E-state index in [-0.39, 0.29) is 0 Å². The maximum absolute atomic E-state index is 9.10. The number of hydrogen-bond donors (Lipinski definition) is 2. The van der Waals surface area contributed by atoms with E-state index in [2.05, 4.69) is 17.5 Å². The van der Waals surface area contributed by atoms with E-state index in [1.165, 1.54) is 0 Å². The molecule has 96 valence electrons. The Labute approximate surface area is 113 Å². The molecule has 0 atom stereocenters. The molecule has 2 aromatic carbocycles.